The van der Waals surface area contributed by atoms with Gasteiger partial charge in [0.1, 0.15) is 0 Å². The van der Waals surface area contributed by atoms with Crippen molar-refractivity contribution in [2.24, 2.45) is 0 Å². The summed E-state index contributed by atoms with van der Waals surface area (Å²) in [6.07, 6.45) is 6.68. The molecular weight excluding hydrogens is 900 g/mol. The number of benzene rings is 7. The van der Waals surface area contributed by atoms with Gasteiger partial charge in [-0.25, -0.2) is 0 Å². The van der Waals surface area contributed by atoms with Gasteiger partial charge in [0.2, 0.25) is 0 Å². The van der Waals surface area contributed by atoms with Gasteiger partial charge >= 0.3 is 0 Å². The zero-order valence-electron chi connectivity index (χ0n) is 50.4. The average Bonchev–Trinajstić information content (AvgIpc) is 3.14. The number of anilines is 6. The van der Waals surface area contributed by atoms with Gasteiger partial charge in [-0.2, -0.15) is 0 Å². The summed E-state index contributed by atoms with van der Waals surface area (Å²) >= 11 is 1.94. The number of nitrogens with zero attached hydrogens (tertiary/aromatic N) is 2. The molecule has 0 amide bonds. The van der Waals surface area contributed by atoms with E-state index in [9.17, 15) is 2.74 Å². The first-order valence-electron chi connectivity index (χ1n) is 29.6. The van der Waals surface area contributed by atoms with Crippen LogP contribution in [0, 0.1) is 6.92 Å². The summed E-state index contributed by atoms with van der Waals surface area (Å²) in [6.45, 7) is 31.1. The molecule has 3 heterocycles. The normalized spacial score (nSPS) is 20.8. The summed E-state index contributed by atoms with van der Waals surface area (Å²) < 4.78 is 47.5. The second-order valence-corrected chi connectivity index (χ2v) is 27.7. The molecule has 368 valence electrons. The Morgan fingerprint density at radius 1 is 0.466 bits per heavy atom. The van der Waals surface area contributed by atoms with Crippen LogP contribution >= 0.6 is 11.3 Å². The summed E-state index contributed by atoms with van der Waals surface area (Å²) in [6, 6.07) is 38.2. The highest BCUT2D eigenvalue weighted by molar-refractivity contribution is 7.33. The maximum atomic E-state index is 9.32. The van der Waals surface area contributed by atoms with Gasteiger partial charge in [-0.15, -0.1) is 11.3 Å². The molecule has 13 rings (SSSR count). The predicted octanol–water partition coefficient (Wildman–Crippen LogP) is 17.7. The van der Waals surface area contributed by atoms with Crippen LogP contribution < -0.4 is 25.5 Å². The number of rotatable bonds is 4. The quantitative estimate of drug-likeness (QED) is 0.162. The van der Waals surface area contributed by atoms with Gasteiger partial charge in [-0.1, -0.05) is 162 Å². The fourth-order valence-corrected chi connectivity index (χ4v) is 15.4. The van der Waals surface area contributed by atoms with Crippen molar-refractivity contribution in [3.63, 3.8) is 0 Å². The van der Waals surface area contributed by atoms with E-state index in [2.05, 4.69) is 197 Å². The van der Waals surface area contributed by atoms with Gasteiger partial charge in [0.05, 0.1) is 18.2 Å². The van der Waals surface area contributed by atoms with Crippen LogP contribution in [-0.2, 0) is 32.5 Å². The third kappa shape index (κ3) is 7.01. The average molecular weight is 978 g/mol. The third-order valence-corrected chi connectivity index (χ3v) is 20.2. The summed E-state index contributed by atoms with van der Waals surface area (Å²) in [7, 11) is 0. The molecule has 0 spiro atoms. The Hall–Kier alpha value is -5.84. The maximum absolute atomic E-state index is 9.32. The highest BCUT2D eigenvalue weighted by atomic mass is 32.1. The minimum Gasteiger partial charge on any atom is -0.311 e. The Kier molecular flexibility index (Phi) is 8.88. The molecule has 0 saturated carbocycles. The van der Waals surface area contributed by atoms with E-state index in [0.29, 0.717) is 5.56 Å². The molecule has 0 N–H and O–H groups in total. The fourth-order valence-electron chi connectivity index (χ4n) is 14.1. The standard InChI is InChI=1S/C69H73BN2S/c1-42-34-58-61-59(35-42)72(56-40-53-51(66(6,7)30-32-68(53,10)11)38-47(56)44-22-18-15-19-23-44)57-36-45(43-20-16-14-17-21-43)24-27-55(57)70(61)63-62(48-39-52-54(41-60(48)73-63)69(12,13)33-31-67(52,8)9)71(58)46-25-26-49-50(37-46)65(4,5)29-28-64(49,2)3/h14-27,34-41H,28-33H2,1-13H3/i14D,16D,17D,20D,21D. The number of hydrogen-bond donors (Lipinski definition) is 0. The molecule has 73 heavy (non-hydrogen) atoms. The number of fused-ring (bicyclic) bond motifs is 9. The van der Waals surface area contributed by atoms with Crippen molar-refractivity contribution in [2.45, 2.75) is 161 Å². The van der Waals surface area contributed by atoms with Crippen LogP contribution in [0.2, 0.25) is 0 Å². The van der Waals surface area contributed by atoms with Gasteiger partial charge in [-0.3, -0.25) is 0 Å². The van der Waals surface area contributed by atoms with Crippen LogP contribution in [0.5, 0.6) is 0 Å². The lowest BCUT2D eigenvalue weighted by atomic mass is 9.36. The molecule has 7 aromatic carbocycles. The fraction of sp³-hybridized carbons (Fsp3) is 0.362. The van der Waals surface area contributed by atoms with Crippen molar-refractivity contribution in [1.82, 2.24) is 0 Å². The molecule has 0 fully saturated rings. The molecule has 4 heteroatoms. The van der Waals surface area contributed by atoms with E-state index in [0.717, 1.165) is 77.7 Å². The largest absolute Gasteiger partial charge is 0.311 e. The van der Waals surface area contributed by atoms with E-state index in [1.54, 1.807) is 0 Å². The molecule has 2 nitrogen and oxygen atoms in total. The van der Waals surface area contributed by atoms with Crippen molar-refractivity contribution in [3.05, 3.63) is 172 Å². The van der Waals surface area contributed by atoms with Crippen LogP contribution in [0.1, 0.15) is 167 Å². The van der Waals surface area contributed by atoms with Crippen LogP contribution in [0.25, 0.3) is 32.3 Å². The smallest absolute Gasteiger partial charge is 0.264 e. The molecule has 0 unspecified atom stereocenters. The van der Waals surface area contributed by atoms with Gasteiger partial charge in [0, 0.05) is 43.2 Å². The molecule has 0 atom stereocenters. The molecule has 0 radical (unpaired) electrons. The Bertz CT molecular complexity index is 3890. The monoisotopic (exact) mass is 978 g/mol. The van der Waals surface area contributed by atoms with Gasteiger partial charge in [0.15, 0.2) is 0 Å². The molecule has 8 aromatic rings. The summed E-state index contributed by atoms with van der Waals surface area (Å²) in [4.78, 5) is 5.16. The molecule has 1 aromatic heterocycles. The van der Waals surface area contributed by atoms with E-state index in [1.807, 2.05) is 17.4 Å². The summed E-state index contributed by atoms with van der Waals surface area (Å²) in [5.41, 5.74) is 21.8. The zero-order chi connectivity index (χ0) is 55.3. The molecule has 0 saturated heterocycles. The van der Waals surface area contributed by atoms with Crippen molar-refractivity contribution in [1.29, 1.82) is 0 Å². The molecule has 3 aliphatic carbocycles. The first kappa shape index (κ1) is 41.5. The Morgan fingerprint density at radius 3 is 1.64 bits per heavy atom. The first-order valence-corrected chi connectivity index (χ1v) is 27.9. The van der Waals surface area contributed by atoms with Crippen molar-refractivity contribution in [3.8, 4) is 22.3 Å². The molecule has 2 aliphatic heterocycles. The second-order valence-electron chi connectivity index (χ2n) is 26.6. The number of thiophene rings is 1. The first-order chi connectivity index (χ1) is 36.6. The van der Waals surface area contributed by atoms with Crippen LogP contribution in [0.15, 0.2) is 133 Å². The van der Waals surface area contributed by atoms with E-state index in [4.69, 9.17) is 4.11 Å². The van der Waals surface area contributed by atoms with E-state index < -0.39 is 0 Å². The van der Waals surface area contributed by atoms with Crippen LogP contribution in [0.3, 0.4) is 0 Å². The van der Waals surface area contributed by atoms with Crippen molar-refractivity contribution >= 4 is 78.0 Å². The van der Waals surface area contributed by atoms with Crippen molar-refractivity contribution in [2.75, 3.05) is 9.80 Å². The molecule has 5 aliphatic rings. The minimum atomic E-state index is -0.388. The SMILES string of the molecule is [2H]c1c([2H])c([2H])c(-c2ccc3c(c2)N(c2cc4c(cc2-c2ccccc2)C(C)(C)CCC4(C)C)c2cc(C)cc4c2B3c2sc3cc5c(cc3c2N4c2ccc3c(c2)C(C)(C)CCC3(C)C)C(C)(C)CCC5(C)C)c([2H])c1[2H]. The van der Waals surface area contributed by atoms with E-state index in [1.165, 1.54) is 70.8 Å². The lowest BCUT2D eigenvalue weighted by Gasteiger charge is -2.46. The number of hydrogen-bond acceptors (Lipinski definition) is 3. The second kappa shape index (κ2) is 15.6. The lowest BCUT2D eigenvalue weighted by Crippen LogP contribution is -2.60. The third-order valence-electron chi connectivity index (χ3n) is 19.0. The van der Waals surface area contributed by atoms with E-state index in [-0.39, 0.29) is 75.0 Å². The van der Waals surface area contributed by atoms with Crippen LogP contribution in [-0.4, -0.2) is 6.71 Å². The predicted molar refractivity (Wildman–Crippen MR) is 317 cm³/mol. The van der Waals surface area contributed by atoms with Gasteiger partial charge in [-0.05, 0) is 199 Å². The molecular formula is C69H73BN2S. The van der Waals surface area contributed by atoms with Crippen LogP contribution in [0.4, 0.5) is 34.1 Å². The van der Waals surface area contributed by atoms with Gasteiger partial charge < -0.3 is 9.80 Å². The lowest BCUT2D eigenvalue weighted by molar-refractivity contribution is 0.332. The maximum Gasteiger partial charge on any atom is 0.264 e. The topological polar surface area (TPSA) is 6.48 Å². The highest BCUT2D eigenvalue weighted by Crippen LogP contribution is 2.56. The Morgan fingerprint density at radius 2 is 1.01 bits per heavy atom. The molecule has 0 bridgehead atoms. The zero-order valence-corrected chi connectivity index (χ0v) is 46.3. The Balaban J connectivity index is 1.18. The van der Waals surface area contributed by atoms with Gasteiger partial charge in [0.25, 0.3) is 6.71 Å². The van der Waals surface area contributed by atoms with E-state index >= 15 is 0 Å². The number of aryl methyl sites for hydroxylation is 1. The summed E-state index contributed by atoms with van der Waals surface area (Å²) in [5, 5.41) is 1.29. The summed E-state index contributed by atoms with van der Waals surface area (Å²) in [5.74, 6) is 0. The van der Waals surface area contributed by atoms with Crippen molar-refractivity contribution < 1.29 is 6.85 Å². The highest BCUT2D eigenvalue weighted by Gasteiger charge is 2.48. The minimum absolute atomic E-state index is 0.00328. The Labute approximate surface area is 448 Å².